The van der Waals surface area contributed by atoms with Gasteiger partial charge in [-0.05, 0) is 25.0 Å². The average Bonchev–Trinajstić information content (AvgIpc) is 2.29. The first-order chi connectivity index (χ1) is 7.72. The summed E-state index contributed by atoms with van der Waals surface area (Å²) in [7, 11) is 0. The van der Waals surface area contributed by atoms with E-state index in [1.807, 2.05) is 4.90 Å². The molecule has 16 heavy (non-hydrogen) atoms. The van der Waals surface area contributed by atoms with E-state index in [-0.39, 0.29) is 6.61 Å². The highest BCUT2D eigenvalue weighted by Crippen LogP contribution is 2.17. The zero-order chi connectivity index (χ0) is 12.0. The second-order valence-corrected chi connectivity index (χ2v) is 3.71. The fourth-order valence-electron chi connectivity index (χ4n) is 1.88. The summed E-state index contributed by atoms with van der Waals surface area (Å²) in [5.74, 6) is 0.120. The van der Waals surface area contributed by atoms with Crippen LogP contribution in [0.2, 0.25) is 0 Å². The van der Waals surface area contributed by atoms with Crippen LogP contribution in [0.5, 0.6) is 0 Å². The van der Waals surface area contributed by atoms with Crippen molar-refractivity contribution >= 4 is 5.82 Å². The van der Waals surface area contributed by atoms with Gasteiger partial charge in [-0.2, -0.15) is 4.39 Å². The Balaban J connectivity index is 2.91. The highest BCUT2D eigenvalue weighted by atomic mass is 19.1. The van der Waals surface area contributed by atoms with Crippen molar-refractivity contribution in [2.24, 2.45) is 0 Å². The van der Waals surface area contributed by atoms with Crippen molar-refractivity contribution in [3.63, 3.8) is 0 Å². The van der Waals surface area contributed by atoms with Crippen LogP contribution in [-0.2, 0) is 0 Å². The van der Waals surface area contributed by atoms with Crippen LogP contribution in [0.25, 0.3) is 0 Å². The lowest BCUT2D eigenvalue weighted by Gasteiger charge is -2.30. The van der Waals surface area contributed by atoms with Crippen LogP contribution in [-0.4, -0.2) is 29.3 Å². The van der Waals surface area contributed by atoms with Crippen molar-refractivity contribution in [2.45, 2.75) is 32.7 Å². The lowest BCUT2D eigenvalue weighted by molar-refractivity contribution is 0.295. The second-order valence-electron chi connectivity index (χ2n) is 3.71. The van der Waals surface area contributed by atoms with E-state index in [9.17, 15) is 4.39 Å². The Morgan fingerprint density at radius 3 is 2.56 bits per heavy atom. The molecular formula is C12H19FN2O. The van der Waals surface area contributed by atoms with E-state index in [4.69, 9.17) is 5.11 Å². The molecule has 0 saturated carbocycles. The molecule has 0 saturated heterocycles. The maximum Gasteiger partial charge on any atom is 0.214 e. The van der Waals surface area contributed by atoms with Gasteiger partial charge in [-0.1, -0.05) is 19.9 Å². The van der Waals surface area contributed by atoms with Crippen LogP contribution in [0.3, 0.4) is 0 Å². The van der Waals surface area contributed by atoms with E-state index in [0.29, 0.717) is 18.4 Å². The van der Waals surface area contributed by atoms with Crippen LogP contribution in [0.4, 0.5) is 10.2 Å². The van der Waals surface area contributed by atoms with Crippen molar-refractivity contribution in [1.29, 1.82) is 0 Å². The predicted molar refractivity (Wildman–Crippen MR) is 63.0 cm³/mol. The zero-order valence-corrected chi connectivity index (χ0v) is 9.86. The third-order valence-corrected chi connectivity index (χ3v) is 2.72. The largest absolute Gasteiger partial charge is 0.395 e. The zero-order valence-electron chi connectivity index (χ0n) is 9.86. The number of rotatable bonds is 6. The highest BCUT2D eigenvalue weighted by molar-refractivity contribution is 5.39. The minimum Gasteiger partial charge on any atom is -0.395 e. The Hall–Kier alpha value is -1.16. The number of aliphatic hydroxyl groups is 1. The maximum absolute atomic E-state index is 13.0. The molecule has 0 unspecified atom stereocenters. The van der Waals surface area contributed by atoms with Gasteiger partial charge in [-0.3, -0.25) is 0 Å². The number of hydrogen-bond donors (Lipinski definition) is 1. The molecule has 0 fully saturated rings. The molecule has 0 aliphatic rings. The van der Waals surface area contributed by atoms with Gasteiger partial charge in [-0.15, -0.1) is 0 Å². The number of nitrogens with zero attached hydrogens (tertiary/aromatic N) is 2. The molecule has 3 nitrogen and oxygen atoms in total. The van der Waals surface area contributed by atoms with Crippen molar-refractivity contribution in [1.82, 2.24) is 4.98 Å². The highest BCUT2D eigenvalue weighted by Gasteiger charge is 2.16. The van der Waals surface area contributed by atoms with Gasteiger partial charge in [0.05, 0.1) is 6.61 Å². The molecule has 0 radical (unpaired) electrons. The molecule has 0 amide bonds. The number of halogens is 1. The topological polar surface area (TPSA) is 36.4 Å². The summed E-state index contributed by atoms with van der Waals surface area (Å²) >= 11 is 0. The van der Waals surface area contributed by atoms with Crippen molar-refractivity contribution in [2.75, 3.05) is 18.1 Å². The predicted octanol–water partition coefficient (Wildman–Crippen LogP) is 2.21. The number of aliphatic hydroxyl groups excluding tert-OH is 1. The van der Waals surface area contributed by atoms with Gasteiger partial charge in [0, 0.05) is 12.6 Å². The number of aromatic nitrogens is 1. The number of hydrogen-bond acceptors (Lipinski definition) is 3. The van der Waals surface area contributed by atoms with Gasteiger partial charge in [0.25, 0.3) is 0 Å². The monoisotopic (exact) mass is 226 g/mol. The molecule has 0 aliphatic carbocycles. The van der Waals surface area contributed by atoms with Crippen LogP contribution in [0.15, 0.2) is 18.2 Å². The molecule has 0 spiro atoms. The third-order valence-electron chi connectivity index (χ3n) is 2.72. The number of anilines is 1. The van der Waals surface area contributed by atoms with Gasteiger partial charge in [0.2, 0.25) is 5.95 Å². The van der Waals surface area contributed by atoms with Gasteiger partial charge in [0.1, 0.15) is 5.82 Å². The summed E-state index contributed by atoms with van der Waals surface area (Å²) in [4.78, 5) is 5.82. The lowest BCUT2D eigenvalue weighted by Crippen LogP contribution is -2.37. The fourth-order valence-corrected chi connectivity index (χ4v) is 1.88. The molecule has 0 aromatic carbocycles. The summed E-state index contributed by atoms with van der Waals surface area (Å²) < 4.78 is 13.0. The number of pyridine rings is 1. The lowest BCUT2D eigenvalue weighted by atomic mass is 10.1. The van der Waals surface area contributed by atoms with Crippen LogP contribution < -0.4 is 4.90 Å². The first kappa shape index (κ1) is 12.9. The van der Waals surface area contributed by atoms with Crippen molar-refractivity contribution in [3.8, 4) is 0 Å². The van der Waals surface area contributed by atoms with Crippen LogP contribution >= 0.6 is 0 Å². The maximum atomic E-state index is 13.0. The van der Waals surface area contributed by atoms with Crippen molar-refractivity contribution < 1.29 is 9.50 Å². The smallest absolute Gasteiger partial charge is 0.214 e. The fraction of sp³-hybridized carbons (Fsp3) is 0.583. The minimum atomic E-state index is -0.480. The quantitative estimate of drug-likeness (QED) is 0.755. The second kappa shape index (κ2) is 6.43. The van der Waals surface area contributed by atoms with Crippen molar-refractivity contribution in [3.05, 3.63) is 24.1 Å². The summed E-state index contributed by atoms with van der Waals surface area (Å²) in [6.07, 6.45) is 1.91. The van der Waals surface area contributed by atoms with E-state index in [0.717, 1.165) is 12.8 Å². The van der Waals surface area contributed by atoms with E-state index >= 15 is 0 Å². The van der Waals surface area contributed by atoms with Gasteiger partial charge in [-0.25, -0.2) is 4.98 Å². The summed E-state index contributed by atoms with van der Waals surface area (Å²) in [5, 5.41) is 9.04. The summed E-state index contributed by atoms with van der Waals surface area (Å²) in [6, 6.07) is 5.04. The molecule has 1 heterocycles. The molecular weight excluding hydrogens is 207 g/mol. The van der Waals surface area contributed by atoms with Gasteiger partial charge < -0.3 is 10.0 Å². The molecule has 0 bridgehead atoms. The van der Waals surface area contributed by atoms with E-state index < -0.39 is 5.95 Å². The summed E-state index contributed by atoms with van der Waals surface area (Å²) in [6.45, 7) is 4.70. The third kappa shape index (κ3) is 3.17. The van der Waals surface area contributed by atoms with E-state index in [1.165, 1.54) is 6.07 Å². The molecule has 1 aromatic heterocycles. The Bertz CT molecular complexity index is 316. The molecule has 0 atom stereocenters. The van der Waals surface area contributed by atoms with Gasteiger partial charge >= 0.3 is 0 Å². The minimum absolute atomic E-state index is 0.0503. The Kier molecular flexibility index (Phi) is 5.19. The van der Waals surface area contributed by atoms with Gasteiger partial charge in [0.15, 0.2) is 0 Å². The molecule has 90 valence electrons. The molecule has 4 heteroatoms. The van der Waals surface area contributed by atoms with E-state index in [1.54, 1.807) is 12.1 Å². The SMILES string of the molecule is CCC(CC)N(CCO)c1cccc(F)n1. The van der Waals surface area contributed by atoms with E-state index in [2.05, 4.69) is 18.8 Å². The molecule has 1 aromatic rings. The normalized spacial score (nSPS) is 10.8. The van der Waals surface area contributed by atoms with Crippen LogP contribution in [0, 0.1) is 5.95 Å². The first-order valence-electron chi connectivity index (χ1n) is 5.73. The Morgan fingerprint density at radius 1 is 1.38 bits per heavy atom. The molecule has 0 aliphatic heterocycles. The summed E-state index contributed by atoms with van der Waals surface area (Å²) in [5.41, 5.74) is 0. The Labute approximate surface area is 95.9 Å². The molecule has 1 rings (SSSR count). The first-order valence-corrected chi connectivity index (χ1v) is 5.73. The standard InChI is InChI=1S/C12H19FN2O/c1-3-10(4-2)15(8-9-16)12-7-5-6-11(13)14-12/h5-7,10,16H,3-4,8-9H2,1-2H3. The average molecular weight is 226 g/mol. The Morgan fingerprint density at radius 2 is 2.06 bits per heavy atom. The van der Waals surface area contributed by atoms with Crippen LogP contribution in [0.1, 0.15) is 26.7 Å². The molecule has 1 N–H and O–H groups in total.